The van der Waals surface area contributed by atoms with E-state index in [1.165, 1.54) is 25.7 Å². The molecule has 0 heterocycles. The normalized spacial score (nSPS) is 22.1. The molecule has 1 fully saturated rings. The Morgan fingerprint density at radius 3 is 2.54 bits per heavy atom. The molecule has 0 spiro atoms. The Morgan fingerprint density at radius 2 is 2.00 bits per heavy atom. The van der Waals surface area contributed by atoms with Crippen LogP contribution < -0.4 is 5.73 Å². The molecule has 1 atom stereocenters. The van der Waals surface area contributed by atoms with Crippen molar-refractivity contribution in [1.29, 1.82) is 0 Å². The molecule has 0 radical (unpaired) electrons. The fraction of sp³-hybridized carbons (Fsp3) is 0.833. The van der Waals surface area contributed by atoms with Gasteiger partial charge in [-0.15, -0.1) is 11.8 Å². The molecule has 0 saturated heterocycles. The highest BCUT2D eigenvalue weighted by molar-refractivity contribution is 4.97. The molecular formula is C12H21N. The summed E-state index contributed by atoms with van der Waals surface area (Å²) < 4.78 is 0. The van der Waals surface area contributed by atoms with Crippen molar-refractivity contribution in [3.05, 3.63) is 0 Å². The van der Waals surface area contributed by atoms with Gasteiger partial charge < -0.3 is 5.73 Å². The summed E-state index contributed by atoms with van der Waals surface area (Å²) in [4.78, 5) is 0. The SMILES string of the molecule is CC#CCCC(N)C1(C)CCCC1. The molecule has 0 aliphatic heterocycles. The number of rotatable bonds is 3. The molecule has 2 N–H and O–H groups in total. The van der Waals surface area contributed by atoms with E-state index in [2.05, 4.69) is 18.8 Å². The molecule has 0 amide bonds. The highest BCUT2D eigenvalue weighted by Gasteiger charge is 2.33. The Bertz CT molecular complexity index is 203. The molecular weight excluding hydrogens is 158 g/mol. The summed E-state index contributed by atoms with van der Waals surface area (Å²) in [6, 6.07) is 0.357. The molecule has 1 saturated carbocycles. The molecule has 1 aliphatic rings. The minimum absolute atomic E-state index is 0.357. The predicted molar refractivity (Wildman–Crippen MR) is 57.2 cm³/mol. The quantitative estimate of drug-likeness (QED) is 0.662. The monoisotopic (exact) mass is 179 g/mol. The van der Waals surface area contributed by atoms with Crippen molar-refractivity contribution in [2.75, 3.05) is 0 Å². The Kier molecular flexibility index (Phi) is 3.81. The van der Waals surface area contributed by atoms with E-state index >= 15 is 0 Å². The van der Waals surface area contributed by atoms with E-state index in [4.69, 9.17) is 5.73 Å². The first-order valence-electron chi connectivity index (χ1n) is 5.34. The zero-order chi connectivity index (χ0) is 9.73. The topological polar surface area (TPSA) is 26.0 Å². The van der Waals surface area contributed by atoms with Gasteiger partial charge in [0.15, 0.2) is 0 Å². The van der Waals surface area contributed by atoms with Crippen molar-refractivity contribution >= 4 is 0 Å². The number of nitrogens with two attached hydrogens (primary N) is 1. The van der Waals surface area contributed by atoms with Crippen molar-refractivity contribution in [3.63, 3.8) is 0 Å². The van der Waals surface area contributed by atoms with Crippen molar-refractivity contribution < 1.29 is 0 Å². The third-order valence-corrected chi connectivity index (χ3v) is 3.40. The Balaban J connectivity index is 2.35. The second-order valence-corrected chi connectivity index (χ2v) is 4.43. The maximum atomic E-state index is 6.19. The molecule has 1 rings (SSSR count). The minimum Gasteiger partial charge on any atom is -0.327 e. The lowest BCUT2D eigenvalue weighted by molar-refractivity contribution is 0.252. The number of hydrogen-bond acceptors (Lipinski definition) is 1. The van der Waals surface area contributed by atoms with Gasteiger partial charge in [0.25, 0.3) is 0 Å². The Morgan fingerprint density at radius 1 is 1.38 bits per heavy atom. The third kappa shape index (κ3) is 2.74. The molecule has 1 aliphatic carbocycles. The van der Waals surface area contributed by atoms with Gasteiger partial charge in [0.1, 0.15) is 0 Å². The van der Waals surface area contributed by atoms with Crippen molar-refractivity contribution in [1.82, 2.24) is 0 Å². The lowest BCUT2D eigenvalue weighted by Crippen LogP contribution is -2.37. The summed E-state index contributed by atoms with van der Waals surface area (Å²) in [5.41, 5.74) is 6.60. The lowest BCUT2D eigenvalue weighted by Gasteiger charge is -2.30. The molecule has 0 aromatic rings. The van der Waals surface area contributed by atoms with Crippen LogP contribution in [0.4, 0.5) is 0 Å². The summed E-state index contributed by atoms with van der Waals surface area (Å²) in [6.07, 6.45) is 7.39. The highest BCUT2D eigenvalue weighted by Crippen LogP contribution is 2.40. The van der Waals surface area contributed by atoms with Gasteiger partial charge in [-0.25, -0.2) is 0 Å². The fourth-order valence-electron chi connectivity index (χ4n) is 2.25. The van der Waals surface area contributed by atoms with Crippen LogP contribution in [0.25, 0.3) is 0 Å². The van der Waals surface area contributed by atoms with Crippen molar-refractivity contribution in [2.45, 2.75) is 58.4 Å². The summed E-state index contributed by atoms with van der Waals surface area (Å²) in [7, 11) is 0. The zero-order valence-corrected chi connectivity index (χ0v) is 8.90. The van der Waals surface area contributed by atoms with Gasteiger partial charge in [-0.05, 0) is 31.6 Å². The first kappa shape index (κ1) is 10.6. The van der Waals surface area contributed by atoms with Crippen molar-refractivity contribution in [3.8, 4) is 11.8 Å². The molecule has 1 unspecified atom stereocenters. The first-order chi connectivity index (χ1) is 6.19. The van der Waals surface area contributed by atoms with Crippen LogP contribution in [0.5, 0.6) is 0 Å². The molecule has 0 bridgehead atoms. The summed E-state index contributed by atoms with van der Waals surface area (Å²) in [5, 5.41) is 0. The first-order valence-corrected chi connectivity index (χ1v) is 5.34. The molecule has 13 heavy (non-hydrogen) atoms. The Labute approximate surface area is 82.1 Å². The zero-order valence-electron chi connectivity index (χ0n) is 8.90. The smallest absolute Gasteiger partial charge is 0.0103 e. The van der Waals surface area contributed by atoms with Gasteiger partial charge in [-0.3, -0.25) is 0 Å². The van der Waals surface area contributed by atoms with E-state index in [-0.39, 0.29) is 0 Å². The predicted octanol–water partition coefficient (Wildman–Crippen LogP) is 2.70. The van der Waals surface area contributed by atoms with Gasteiger partial charge in [-0.1, -0.05) is 19.8 Å². The molecule has 1 nitrogen and oxygen atoms in total. The summed E-state index contributed by atoms with van der Waals surface area (Å²) >= 11 is 0. The average Bonchev–Trinajstić information content (AvgIpc) is 2.54. The van der Waals surface area contributed by atoms with E-state index in [1.54, 1.807) is 0 Å². The summed E-state index contributed by atoms with van der Waals surface area (Å²) in [5.74, 6) is 6.01. The van der Waals surface area contributed by atoms with E-state index in [1.807, 2.05) is 6.92 Å². The van der Waals surface area contributed by atoms with E-state index in [0.717, 1.165) is 12.8 Å². The minimum atomic E-state index is 0.357. The van der Waals surface area contributed by atoms with Crippen LogP contribution in [0.1, 0.15) is 52.4 Å². The van der Waals surface area contributed by atoms with Crippen LogP contribution in [0.2, 0.25) is 0 Å². The number of hydrogen-bond donors (Lipinski definition) is 1. The second-order valence-electron chi connectivity index (χ2n) is 4.43. The molecule has 1 heteroatoms. The third-order valence-electron chi connectivity index (χ3n) is 3.40. The molecule has 74 valence electrons. The van der Waals surface area contributed by atoms with Crippen LogP contribution >= 0.6 is 0 Å². The van der Waals surface area contributed by atoms with Crippen LogP contribution in [0, 0.1) is 17.3 Å². The maximum absolute atomic E-state index is 6.19. The van der Waals surface area contributed by atoms with E-state index in [0.29, 0.717) is 11.5 Å². The van der Waals surface area contributed by atoms with Crippen LogP contribution in [0.3, 0.4) is 0 Å². The average molecular weight is 179 g/mol. The van der Waals surface area contributed by atoms with Crippen LogP contribution in [-0.2, 0) is 0 Å². The van der Waals surface area contributed by atoms with Gasteiger partial charge in [-0.2, -0.15) is 0 Å². The van der Waals surface area contributed by atoms with Crippen LogP contribution in [-0.4, -0.2) is 6.04 Å². The van der Waals surface area contributed by atoms with Gasteiger partial charge in [0, 0.05) is 12.5 Å². The lowest BCUT2D eigenvalue weighted by atomic mass is 9.79. The van der Waals surface area contributed by atoms with Crippen molar-refractivity contribution in [2.24, 2.45) is 11.1 Å². The Hall–Kier alpha value is -0.480. The van der Waals surface area contributed by atoms with E-state index in [9.17, 15) is 0 Å². The fourth-order valence-corrected chi connectivity index (χ4v) is 2.25. The molecule has 0 aromatic carbocycles. The van der Waals surface area contributed by atoms with Crippen LogP contribution in [0.15, 0.2) is 0 Å². The summed E-state index contributed by atoms with van der Waals surface area (Å²) in [6.45, 7) is 4.23. The molecule has 0 aromatic heterocycles. The second kappa shape index (κ2) is 4.67. The van der Waals surface area contributed by atoms with Gasteiger partial charge in [0.2, 0.25) is 0 Å². The van der Waals surface area contributed by atoms with Gasteiger partial charge in [0.05, 0.1) is 0 Å². The van der Waals surface area contributed by atoms with E-state index < -0.39 is 0 Å². The maximum Gasteiger partial charge on any atom is 0.0103 e. The van der Waals surface area contributed by atoms with Gasteiger partial charge >= 0.3 is 0 Å². The largest absolute Gasteiger partial charge is 0.327 e. The standard InChI is InChI=1S/C12H21N/c1-3-4-5-8-11(13)12(2)9-6-7-10-12/h11H,5-10,13H2,1-2H3. The highest BCUT2D eigenvalue weighted by atomic mass is 14.7.